The van der Waals surface area contributed by atoms with Gasteiger partial charge in [0.05, 0.1) is 12.1 Å². The standard InChI is InChI=1S/C14H23NO/c1-5-13(16-6-2)14(15)12-9-7-8-10(3)11(12)4/h7-9,13-14H,5-6,15H2,1-4H3. The fraction of sp³-hybridized carbons (Fsp3) is 0.571. The number of aryl methyl sites for hydroxylation is 1. The van der Waals surface area contributed by atoms with Crippen molar-refractivity contribution in [2.75, 3.05) is 6.61 Å². The van der Waals surface area contributed by atoms with Crippen LogP contribution in [0.15, 0.2) is 18.2 Å². The molecule has 2 unspecified atom stereocenters. The fourth-order valence-electron chi connectivity index (χ4n) is 2.02. The van der Waals surface area contributed by atoms with Gasteiger partial charge in [-0.3, -0.25) is 0 Å². The maximum Gasteiger partial charge on any atom is 0.0764 e. The molecule has 2 N–H and O–H groups in total. The van der Waals surface area contributed by atoms with Crippen LogP contribution in [-0.4, -0.2) is 12.7 Å². The largest absolute Gasteiger partial charge is 0.377 e. The average Bonchev–Trinajstić information content (AvgIpc) is 2.29. The Morgan fingerprint density at radius 3 is 2.50 bits per heavy atom. The molecule has 1 aromatic carbocycles. The second-order valence-corrected chi connectivity index (χ2v) is 4.22. The smallest absolute Gasteiger partial charge is 0.0764 e. The molecule has 2 nitrogen and oxygen atoms in total. The second kappa shape index (κ2) is 6.02. The lowest BCUT2D eigenvalue weighted by Gasteiger charge is -2.24. The molecule has 1 aromatic rings. The molecule has 0 aliphatic heterocycles. The molecule has 0 amide bonds. The molecule has 90 valence electrons. The van der Waals surface area contributed by atoms with E-state index < -0.39 is 0 Å². The number of hydrogen-bond acceptors (Lipinski definition) is 2. The lowest BCUT2D eigenvalue weighted by molar-refractivity contribution is 0.0412. The van der Waals surface area contributed by atoms with E-state index in [2.05, 4.69) is 39.0 Å². The highest BCUT2D eigenvalue weighted by Gasteiger charge is 2.19. The van der Waals surface area contributed by atoms with Gasteiger partial charge in [0.15, 0.2) is 0 Å². The molecule has 0 saturated carbocycles. The molecule has 0 bridgehead atoms. The van der Waals surface area contributed by atoms with E-state index in [1.54, 1.807) is 0 Å². The van der Waals surface area contributed by atoms with E-state index in [1.165, 1.54) is 16.7 Å². The van der Waals surface area contributed by atoms with Gasteiger partial charge in [-0.25, -0.2) is 0 Å². The van der Waals surface area contributed by atoms with E-state index in [0.717, 1.165) is 13.0 Å². The summed E-state index contributed by atoms with van der Waals surface area (Å²) in [6.07, 6.45) is 1.06. The molecular formula is C14H23NO. The quantitative estimate of drug-likeness (QED) is 0.829. The first kappa shape index (κ1) is 13.2. The summed E-state index contributed by atoms with van der Waals surface area (Å²) in [6.45, 7) is 9.09. The lowest BCUT2D eigenvalue weighted by Crippen LogP contribution is -2.29. The van der Waals surface area contributed by atoms with E-state index in [4.69, 9.17) is 10.5 Å². The van der Waals surface area contributed by atoms with Crippen molar-refractivity contribution in [2.45, 2.75) is 46.3 Å². The molecule has 0 aliphatic rings. The van der Waals surface area contributed by atoms with Crippen molar-refractivity contribution in [1.82, 2.24) is 0 Å². The van der Waals surface area contributed by atoms with Crippen LogP contribution in [0.4, 0.5) is 0 Å². The molecule has 0 heterocycles. The number of hydrogen-bond donors (Lipinski definition) is 1. The lowest BCUT2D eigenvalue weighted by atomic mass is 9.94. The third kappa shape index (κ3) is 2.83. The van der Waals surface area contributed by atoms with Crippen molar-refractivity contribution >= 4 is 0 Å². The monoisotopic (exact) mass is 221 g/mol. The van der Waals surface area contributed by atoms with Gasteiger partial charge in [0, 0.05) is 6.61 Å². The van der Waals surface area contributed by atoms with Crippen molar-refractivity contribution in [3.63, 3.8) is 0 Å². The Morgan fingerprint density at radius 2 is 1.94 bits per heavy atom. The SMILES string of the molecule is CCOC(CC)C(N)c1cccc(C)c1C. The van der Waals surface area contributed by atoms with Crippen LogP contribution in [0.2, 0.25) is 0 Å². The first-order chi connectivity index (χ1) is 7.61. The molecule has 1 rings (SSSR count). The van der Waals surface area contributed by atoms with Crippen molar-refractivity contribution in [2.24, 2.45) is 5.73 Å². The van der Waals surface area contributed by atoms with Crippen LogP contribution >= 0.6 is 0 Å². The predicted molar refractivity (Wildman–Crippen MR) is 68.5 cm³/mol. The summed E-state index contributed by atoms with van der Waals surface area (Å²) < 4.78 is 5.68. The Hall–Kier alpha value is -0.860. The van der Waals surface area contributed by atoms with Crippen molar-refractivity contribution in [3.8, 4) is 0 Å². The predicted octanol–water partition coefficient (Wildman–Crippen LogP) is 3.12. The van der Waals surface area contributed by atoms with Gasteiger partial charge in [-0.15, -0.1) is 0 Å². The zero-order valence-electron chi connectivity index (χ0n) is 10.8. The summed E-state index contributed by atoms with van der Waals surface area (Å²) in [5, 5.41) is 0. The van der Waals surface area contributed by atoms with Crippen LogP contribution in [0.1, 0.15) is 43.0 Å². The van der Waals surface area contributed by atoms with Crippen LogP contribution in [-0.2, 0) is 4.74 Å². The number of benzene rings is 1. The average molecular weight is 221 g/mol. The zero-order valence-corrected chi connectivity index (χ0v) is 10.8. The van der Waals surface area contributed by atoms with Crippen molar-refractivity contribution < 1.29 is 4.74 Å². The normalized spacial score (nSPS) is 14.8. The van der Waals surface area contributed by atoms with E-state index in [-0.39, 0.29) is 12.1 Å². The Morgan fingerprint density at radius 1 is 1.25 bits per heavy atom. The molecule has 2 heteroatoms. The van der Waals surface area contributed by atoms with Crippen molar-refractivity contribution in [1.29, 1.82) is 0 Å². The Balaban J connectivity index is 2.94. The van der Waals surface area contributed by atoms with Gasteiger partial charge < -0.3 is 10.5 Å². The summed E-state index contributed by atoms with van der Waals surface area (Å²) in [5.41, 5.74) is 10.1. The molecule has 0 aromatic heterocycles. The Kier molecular flexibility index (Phi) is 4.97. The summed E-state index contributed by atoms with van der Waals surface area (Å²) in [5.74, 6) is 0. The minimum absolute atomic E-state index is 0.0233. The Bertz CT molecular complexity index is 336. The maximum absolute atomic E-state index is 6.28. The highest BCUT2D eigenvalue weighted by molar-refractivity contribution is 5.35. The molecule has 0 aliphatic carbocycles. The molecule has 2 atom stereocenters. The zero-order chi connectivity index (χ0) is 12.1. The maximum atomic E-state index is 6.28. The molecule has 16 heavy (non-hydrogen) atoms. The molecule has 0 radical (unpaired) electrons. The van der Waals surface area contributed by atoms with Gasteiger partial charge in [-0.2, -0.15) is 0 Å². The van der Waals surface area contributed by atoms with Crippen LogP contribution in [0.5, 0.6) is 0 Å². The fourth-order valence-corrected chi connectivity index (χ4v) is 2.02. The Labute approximate surface area is 98.8 Å². The van der Waals surface area contributed by atoms with E-state index >= 15 is 0 Å². The number of ether oxygens (including phenoxy) is 1. The number of nitrogens with two attached hydrogens (primary N) is 1. The summed E-state index contributed by atoms with van der Waals surface area (Å²) in [6, 6.07) is 6.27. The molecular weight excluding hydrogens is 198 g/mol. The van der Waals surface area contributed by atoms with E-state index in [9.17, 15) is 0 Å². The molecule has 0 spiro atoms. The van der Waals surface area contributed by atoms with Gasteiger partial charge in [0.25, 0.3) is 0 Å². The van der Waals surface area contributed by atoms with E-state index in [0.29, 0.717) is 0 Å². The first-order valence-corrected chi connectivity index (χ1v) is 6.05. The third-order valence-corrected chi connectivity index (χ3v) is 3.19. The summed E-state index contributed by atoms with van der Waals surface area (Å²) in [4.78, 5) is 0. The third-order valence-electron chi connectivity index (χ3n) is 3.19. The summed E-state index contributed by atoms with van der Waals surface area (Å²) >= 11 is 0. The van der Waals surface area contributed by atoms with Gasteiger partial charge in [0.1, 0.15) is 0 Å². The van der Waals surface area contributed by atoms with Gasteiger partial charge in [0.2, 0.25) is 0 Å². The molecule has 0 saturated heterocycles. The summed E-state index contributed by atoms with van der Waals surface area (Å²) in [7, 11) is 0. The van der Waals surface area contributed by atoms with Crippen LogP contribution in [0, 0.1) is 13.8 Å². The van der Waals surface area contributed by atoms with Crippen LogP contribution in [0.3, 0.4) is 0 Å². The highest BCUT2D eigenvalue weighted by Crippen LogP contribution is 2.24. The van der Waals surface area contributed by atoms with E-state index in [1.807, 2.05) is 6.92 Å². The van der Waals surface area contributed by atoms with Gasteiger partial charge in [-0.05, 0) is 43.9 Å². The van der Waals surface area contributed by atoms with Crippen LogP contribution in [0.25, 0.3) is 0 Å². The van der Waals surface area contributed by atoms with Crippen molar-refractivity contribution in [3.05, 3.63) is 34.9 Å². The molecule has 0 fully saturated rings. The second-order valence-electron chi connectivity index (χ2n) is 4.22. The number of rotatable bonds is 5. The minimum atomic E-state index is -0.0233. The van der Waals surface area contributed by atoms with Gasteiger partial charge >= 0.3 is 0 Å². The topological polar surface area (TPSA) is 35.2 Å². The van der Waals surface area contributed by atoms with Gasteiger partial charge in [-0.1, -0.05) is 25.1 Å². The minimum Gasteiger partial charge on any atom is -0.377 e. The van der Waals surface area contributed by atoms with Crippen LogP contribution < -0.4 is 5.73 Å². The first-order valence-electron chi connectivity index (χ1n) is 6.05. The highest BCUT2D eigenvalue weighted by atomic mass is 16.5.